The Morgan fingerprint density at radius 3 is 2.67 bits per heavy atom. The molecular weight excluding hydrogens is 379 g/mol. The molecule has 4 nitrogen and oxygen atoms in total. The highest BCUT2D eigenvalue weighted by Crippen LogP contribution is 2.34. The van der Waals surface area contributed by atoms with E-state index in [0.717, 1.165) is 53.2 Å². The van der Waals surface area contributed by atoms with E-state index in [-0.39, 0.29) is 17.8 Å². The highest BCUT2D eigenvalue weighted by Gasteiger charge is 2.31. The van der Waals surface area contributed by atoms with Crippen molar-refractivity contribution in [3.05, 3.63) is 83.4 Å². The van der Waals surface area contributed by atoms with Gasteiger partial charge in [-0.25, -0.2) is 4.39 Å². The molecule has 4 rings (SSSR count). The molecule has 1 atom stereocenters. The van der Waals surface area contributed by atoms with Gasteiger partial charge in [0.05, 0.1) is 25.3 Å². The zero-order valence-electron chi connectivity index (χ0n) is 17.3. The van der Waals surface area contributed by atoms with Crippen molar-refractivity contribution in [3.8, 4) is 16.9 Å². The van der Waals surface area contributed by atoms with Gasteiger partial charge < -0.3 is 9.64 Å². The number of halogens is 1. The number of benzene rings is 2. The number of methoxy groups -OCH3 is 1. The molecule has 1 fully saturated rings. The molecular formula is C25H25FN2O2. The summed E-state index contributed by atoms with van der Waals surface area (Å²) < 4.78 is 18.7. The number of aryl methyl sites for hydroxylation is 1. The third kappa shape index (κ3) is 4.20. The number of rotatable bonds is 5. The van der Waals surface area contributed by atoms with Gasteiger partial charge in [-0.05, 0) is 61.2 Å². The Balaban J connectivity index is 1.60. The number of aromatic nitrogens is 1. The fourth-order valence-corrected chi connectivity index (χ4v) is 4.16. The lowest BCUT2D eigenvalue weighted by molar-refractivity contribution is -0.131. The largest absolute Gasteiger partial charge is 0.496 e. The van der Waals surface area contributed by atoms with Gasteiger partial charge in [0.25, 0.3) is 0 Å². The molecule has 2 aromatic carbocycles. The molecule has 1 aromatic heterocycles. The summed E-state index contributed by atoms with van der Waals surface area (Å²) in [6.45, 7) is 2.67. The first kappa shape index (κ1) is 20.1. The van der Waals surface area contributed by atoms with Gasteiger partial charge in [-0.15, -0.1) is 0 Å². The number of para-hydroxylation sites is 1. The van der Waals surface area contributed by atoms with Crippen LogP contribution in [0.3, 0.4) is 0 Å². The van der Waals surface area contributed by atoms with E-state index in [0.29, 0.717) is 6.42 Å². The standard InChI is InChI=1S/C25H25FN2O2/c1-17-14-20(18-9-11-21(26)12-10-18)15-22(27-17)23-7-5-13-28(23)25(29)16-19-6-3-4-8-24(19)30-2/h3-4,6,8-12,14-15,23H,5,7,13,16H2,1-2H3. The number of nitrogens with zero attached hydrogens (tertiary/aromatic N) is 2. The van der Waals surface area contributed by atoms with Crippen LogP contribution in [-0.4, -0.2) is 29.4 Å². The second-order valence-corrected chi connectivity index (χ2v) is 7.66. The molecule has 3 aromatic rings. The number of hydrogen-bond donors (Lipinski definition) is 0. The molecule has 1 unspecified atom stereocenters. The average Bonchev–Trinajstić information content (AvgIpc) is 3.24. The molecule has 0 radical (unpaired) electrons. The molecule has 0 N–H and O–H groups in total. The third-order valence-corrected chi connectivity index (χ3v) is 5.60. The molecule has 0 spiro atoms. The van der Waals surface area contributed by atoms with Crippen LogP contribution in [0.5, 0.6) is 5.75 Å². The maximum Gasteiger partial charge on any atom is 0.227 e. The topological polar surface area (TPSA) is 42.4 Å². The van der Waals surface area contributed by atoms with E-state index in [1.54, 1.807) is 19.2 Å². The highest BCUT2D eigenvalue weighted by molar-refractivity contribution is 5.80. The van der Waals surface area contributed by atoms with Gasteiger partial charge in [-0.2, -0.15) is 0 Å². The quantitative estimate of drug-likeness (QED) is 0.593. The van der Waals surface area contributed by atoms with E-state index in [1.807, 2.05) is 48.2 Å². The van der Waals surface area contributed by atoms with E-state index in [9.17, 15) is 9.18 Å². The predicted octanol–water partition coefficient (Wildman–Crippen LogP) is 5.11. The number of ether oxygens (including phenoxy) is 1. The van der Waals surface area contributed by atoms with Gasteiger partial charge in [0.1, 0.15) is 11.6 Å². The number of carbonyl (C=O) groups excluding carboxylic acids is 1. The van der Waals surface area contributed by atoms with Crippen LogP contribution < -0.4 is 4.74 Å². The molecule has 5 heteroatoms. The number of amides is 1. The second kappa shape index (κ2) is 8.66. The van der Waals surface area contributed by atoms with Crippen LogP contribution in [0.1, 0.15) is 35.8 Å². The van der Waals surface area contributed by atoms with E-state index in [4.69, 9.17) is 9.72 Å². The second-order valence-electron chi connectivity index (χ2n) is 7.66. The van der Waals surface area contributed by atoms with Crippen LogP contribution in [0.15, 0.2) is 60.7 Å². The minimum atomic E-state index is -0.256. The smallest absolute Gasteiger partial charge is 0.227 e. The Labute approximate surface area is 176 Å². The normalized spacial score (nSPS) is 16.0. The Morgan fingerprint density at radius 2 is 1.90 bits per heavy atom. The van der Waals surface area contributed by atoms with Gasteiger partial charge in [-0.1, -0.05) is 30.3 Å². The van der Waals surface area contributed by atoms with Crippen LogP contribution >= 0.6 is 0 Å². The first-order valence-corrected chi connectivity index (χ1v) is 10.2. The summed E-state index contributed by atoms with van der Waals surface area (Å²) in [6.07, 6.45) is 2.14. The summed E-state index contributed by atoms with van der Waals surface area (Å²) in [5.74, 6) is 0.552. The van der Waals surface area contributed by atoms with Crippen molar-refractivity contribution < 1.29 is 13.9 Å². The summed E-state index contributed by atoms with van der Waals surface area (Å²) in [5.41, 5.74) is 4.59. The molecule has 1 aliphatic heterocycles. The van der Waals surface area contributed by atoms with Gasteiger partial charge >= 0.3 is 0 Å². The molecule has 0 bridgehead atoms. The molecule has 1 aliphatic rings. The SMILES string of the molecule is COc1ccccc1CC(=O)N1CCCC1c1cc(-c2ccc(F)cc2)cc(C)n1. The Hall–Kier alpha value is -3.21. The van der Waals surface area contributed by atoms with Gasteiger partial charge in [0, 0.05) is 17.8 Å². The molecule has 30 heavy (non-hydrogen) atoms. The minimum Gasteiger partial charge on any atom is -0.496 e. The number of pyridine rings is 1. The number of carbonyl (C=O) groups is 1. The Morgan fingerprint density at radius 1 is 1.13 bits per heavy atom. The number of hydrogen-bond acceptors (Lipinski definition) is 3. The summed E-state index contributed by atoms with van der Waals surface area (Å²) in [5, 5.41) is 0. The lowest BCUT2D eigenvalue weighted by Crippen LogP contribution is -2.32. The Kier molecular flexibility index (Phi) is 5.79. The number of likely N-dealkylation sites (tertiary alicyclic amines) is 1. The van der Waals surface area contributed by atoms with Gasteiger partial charge in [-0.3, -0.25) is 9.78 Å². The van der Waals surface area contributed by atoms with Crippen molar-refractivity contribution in [2.24, 2.45) is 0 Å². The summed E-state index contributed by atoms with van der Waals surface area (Å²) in [7, 11) is 1.62. The van der Waals surface area contributed by atoms with Crippen molar-refractivity contribution in [1.82, 2.24) is 9.88 Å². The van der Waals surface area contributed by atoms with Gasteiger partial charge in [0.2, 0.25) is 5.91 Å². The molecule has 1 saturated heterocycles. The van der Waals surface area contributed by atoms with Crippen LogP contribution in [0.25, 0.3) is 11.1 Å². The predicted molar refractivity (Wildman–Crippen MR) is 115 cm³/mol. The zero-order chi connectivity index (χ0) is 21.1. The fraction of sp³-hybridized carbons (Fsp3) is 0.280. The highest BCUT2D eigenvalue weighted by atomic mass is 19.1. The first-order chi connectivity index (χ1) is 14.5. The summed E-state index contributed by atoms with van der Waals surface area (Å²) in [6, 6.07) is 18.1. The van der Waals surface area contributed by atoms with Crippen molar-refractivity contribution in [2.75, 3.05) is 13.7 Å². The lowest BCUT2D eigenvalue weighted by Gasteiger charge is -2.25. The van der Waals surface area contributed by atoms with Crippen LogP contribution in [0, 0.1) is 12.7 Å². The third-order valence-electron chi connectivity index (χ3n) is 5.60. The molecule has 0 saturated carbocycles. The van der Waals surface area contributed by atoms with Crippen molar-refractivity contribution in [3.63, 3.8) is 0 Å². The summed E-state index contributed by atoms with van der Waals surface area (Å²) in [4.78, 5) is 19.8. The molecule has 0 aliphatic carbocycles. The molecule has 1 amide bonds. The molecule has 2 heterocycles. The van der Waals surface area contributed by atoms with Crippen LogP contribution in [0.4, 0.5) is 4.39 Å². The van der Waals surface area contributed by atoms with E-state index < -0.39 is 0 Å². The molecule has 154 valence electrons. The van der Waals surface area contributed by atoms with Crippen molar-refractivity contribution in [2.45, 2.75) is 32.2 Å². The maximum atomic E-state index is 13.3. The average molecular weight is 404 g/mol. The minimum absolute atomic E-state index is 0.0497. The Bertz CT molecular complexity index is 1050. The van der Waals surface area contributed by atoms with Crippen LogP contribution in [0.2, 0.25) is 0 Å². The van der Waals surface area contributed by atoms with E-state index in [2.05, 4.69) is 0 Å². The van der Waals surface area contributed by atoms with E-state index in [1.165, 1.54) is 12.1 Å². The monoisotopic (exact) mass is 404 g/mol. The maximum absolute atomic E-state index is 13.3. The van der Waals surface area contributed by atoms with Crippen molar-refractivity contribution >= 4 is 5.91 Å². The van der Waals surface area contributed by atoms with Gasteiger partial charge in [0.15, 0.2) is 0 Å². The van der Waals surface area contributed by atoms with Crippen LogP contribution in [-0.2, 0) is 11.2 Å². The lowest BCUT2D eigenvalue weighted by atomic mass is 10.0. The van der Waals surface area contributed by atoms with E-state index >= 15 is 0 Å². The summed E-state index contributed by atoms with van der Waals surface area (Å²) >= 11 is 0. The van der Waals surface area contributed by atoms with Crippen molar-refractivity contribution in [1.29, 1.82) is 0 Å². The first-order valence-electron chi connectivity index (χ1n) is 10.2. The zero-order valence-corrected chi connectivity index (χ0v) is 17.3. The fourth-order valence-electron chi connectivity index (χ4n) is 4.16.